The Morgan fingerprint density at radius 3 is 2.38 bits per heavy atom. The van der Waals surface area contributed by atoms with Gasteiger partial charge in [0.1, 0.15) is 0 Å². The lowest BCUT2D eigenvalue weighted by atomic mass is 10.0. The van der Waals surface area contributed by atoms with Crippen LogP contribution >= 0.6 is 0 Å². The first-order valence-corrected chi connectivity index (χ1v) is 9.73. The molecule has 3 rings (SSSR count). The molecular weight excluding hydrogens is 414 g/mol. The van der Waals surface area contributed by atoms with Crippen molar-refractivity contribution in [2.45, 2.75) is 13.0 Å². The molecule has 0 aliphatic rings. The van der Waals surface area contributed by atoms with Crippen molar-refractivity contribution in [3.8, 4) is 22.8 Å². The monoisotopic (exact) mass is 437 g/mol. The molecule has 0 fully saturated rings. The lowest BCUT2D eigenvalue weighted by Crippen LogP contribution is -2.43. The summed E-state index contributed by atoms with van der Waals surface area (Å²) in [4.78, 5) is 41.0. The molecule has 9 heteroatoms. The summed E-state index contributed by atoms with van der Waals surface area (Å²) in [6, 6.07) is 13.3. The van der Waals surface area contributed by atoms with Crippen molar-refractivity contribution in [3.63, 3.8) is 0 Å². The van der Waals surface area contributed by atoms with Crippen molar-refractivity contribution in [1.29, 1.82) is 0 Å². The Labute approximate surface area is 184 Å². The summed E-state index contributed by atoms with van der Waals surface area (Å²) in [7, 11) is 4.45. The van der Waals surface area contributed by atoms with Crippen molar-refractivity contribution in [3.05, 3.63) is 54.1 Å². The summed E-state index contributed by atoms with van der Waals surface area (Å²) in [5, 5.41) is 4.91. The van der Waals surface area contributed by atoms with Crippen LogP contribution in [0.4, 0.5) is 4.79 Å². The number of pyridine rings is 1. The molecular formula is C23H23N3O6. The zero-order chi connectivity index (χ0) is 23.3. The summed E-state index contributed by atoms with van der Waals surface area (Å²) in [5.74, 6) is -0.378. The largest absolute Gasteiger partial charge is 0.493 e. The third kappa shape index (κ3) is 4.77. The third-order valence-electron chi connectivity index (χ3n) is 4.73. The van der Waals surface area contributed by atoms with Crippen LogP contribution in [-0.4, -0.2) is 50.3 Å². The molecule has 0 bridgehead atoms. The van der Waals surface area contributed by atoms with Gasteiger partial charge in [-0.2, -0.15) is 0 Å². The Morgan fingerprint density at radius 1 is 0.969 bits per heavy atom. The molecule has 2 N–H and O–H groups in total. The van der Waals surface area contributed by atoms with Gasteiger partial charge in [-0.25, -0.2) is 14.6 Å². The number of imide groups is 1. The van der Waals surface area contributed by atoms with E-state index in [4.69, 9.17) is 14.2 Å². The van der Waals surface area contributed by atoms with Crippen LogP contribution in [-0.2, 0) is 9.53 Å². The zero-order valence-electron chi connectivity index (χ0n) is 18.1. The number of nitrogens with zero attached hydrogens (tertiary/aromatic N) is 1. The number of carbonyl (C=O) groups excluding carboxylic acids is 3. The first-order chi connectivity index (χ1) is 15.4. The van der Waals surface area contributed by atoms with Gasteiger partial charge < -0.3 is 19.5 Å². The number of urea groups is 1. The number of esters is 1. The highest BCUT2D eigenvalue weighted by Gasteiger charge is 2.23. The second-order valence-electron chi connectivity index (χ2n) is 6.76. The van der Waals surface area contributed by atoms with E-state index < -0.39 is 24.0 Å². The molecule has 32 heavy (non-hydrogen) atoms. The number of amides is 3. The van der Waals surface area contributed by atoms with Gasteiger partial charge in [0.05, 0.1) is 31.0 Å². The molecule has 0 spiro atoms. The van der Waals surface area contributed by atoms with E-state index in [2.05, 4.69) is 15.6 Å². The molecule has 1 heterocycles. The summed E-state index contributed by atoms with van der Waals surface area (Å²) in [5.41, 5.74) is 2.03. The number of hydrogen-bond acceptors (Lipinski definition) is 7. The highest BCUT2D eigenvalue weighted by molar-refractivity contribution is 6.06. The van der Waals surface area contributed by atoms with E-state index in [0.29, 0.717) is 33.7 Å². The standard InChI is InChI=1S/C23H23N3O6/c1-13(21(27)26-23(29)24-2)32-22(28)16-12-18(25-17-8-6-5-7-15(16)17)14-9-10-19(30-3)20(11-14)31-4/h5-13H,1-4H3,(H2,24,26,27,29). The number of aromatic nitrogens is 1. The molecule has 1 aromatic heterocycles. The fourth-order valence-electron chi connectivity index (χ4n) is 3.04. The van der Waals surface area contributed by atoms with E-state index in [1.165, 1.54) is 21.1 Å². The summed E-state index contributed by atoms with van der Waals surface area (Å²) >= 11 is 0. The molecule has 2 aromatic carbocycles. The minimum absolute atomic E-state index is 0.236. The SMILES string of the molecule is CNC(=O)NC(=O)C(C)OC(=O)c1cc(-c2ccc(OC)c(OC)c2)nc2ccccc12. The van der Waals surface area contributed by atoms with Gasteiger partial charge in [0.25, 0.3) is 5.91 Å². The van der Waals surface area contributed by atoms with Crippen molar-refractivity contribution < 1.29 is 28.6 Å². The quantitative estimate of drug-likeness (QED) is 0.570. The van der Waals surface area contributed by atoms with Gasteiger partial charge in [-0.05, 0) is 37.3 Å². The molecule has 3 amide bonds. The van der Waals surface area contributed by atoms with Crippen molar-refractivity contribution >= 4 is 28.8 Å². The number of nitrogens with one attached hydrogen (secondary N) is 2. The minimum atomic E-state index is -1.18. The van der Waals surface area contributed by atoms with Gasteiger partial charge in [0.15, 0.2) is 17.6 Å². The summed E-state index contributed by atoms with van der Waals surface area (Å²) < 4.78 is 16.0. The number of benzene rings is 2. The number of ether oxygens (including phenoxy) is 3. The Hall–Kier alpha value is -4.14. The number of rotatable bonds is 6. The van der Waals surface area contributed by atoms with Crippen molar-refractivity contribution in [2.75, 3.05) is 21.3 Å². The second kappa shape index (κ2) is 9.78. The van der Waals surface area contributed by atoms with E-state index in [1.807, 2.05) is 6.07 Å². The Balaban J connectivity index is 1.99. The second-order valence-corrected chi connectivity index (χ2v) is 6.76. The van der Waals surface area contributed by atoms with Crippen molar-refractivity contribution in [1.82, 2.24) is 15.6 Å². The predicted molar refractivity (Wildman–Crippen MR) is 118 cm³/mol. The van der Waals surface area contributed by atoms with Crippen LogP contribution in [0.1, 0.15) is 17.3 Å². The number of methoxy groups -OCH3 is 2. The Morgan fingerprint density at radius 2 is 1.69 bits per heavy atom. The fraction of sp³-hybridized carbons (Fsp3) is 0.217. The summed E-state index contributed by atoms with van der Waals surface area (Å²) in [6.07, 6.45) is -1.18. The summed E-state index contributed by atoms with van der Waals surface area (Å²) in [6.45, 7) is 1.38. The van der Waals surface area contributed by atoms with Gasteiger partial charge in [0, 0.05) is 18.0 Å². The molecule has 0 aliphatic carbocycles. The Kier molecular flexibility index (Phi) is 6.89. The predicted octanol–water partition coefficient (Wildman–Crippen LogP) is 2.92. The maximum absolute atomic E-state index is 13.0. The molecule has 1 unspecified atom stereocenters. The van der Waals surface area contributed by atoms with Crippen LogP contribution in [0.3, 0.4) is 0 Å². The van der Waals surface area contributed by atoms with Gasteiger partial charge in [-0.15, -0.1) is 0 Å². The van der Waals surface area contributed by atoms with E-state index in [0.717, 1.165) is 0 Å². The fourth-order valence-corrected chi connectivity index (χ4v) is 3.04. The molecule has 166 valence electrons. The maximum atomic E-state index is 13.0. The van der Waals surface area contributed by atoms with Gasteiger partial charge in [-0.3, -0.25) is 10.1 Å². The lowest BCUT2D eigenvalue weighted by molar-refractivity contribution is -0.127. The third-order valence-corrected chi connectivity index (χ3v) is 4.73. The highest BCUT2D eigenvalue weighted by atomic mass is 16.5. The van der Waals surface area contributed by atoms with E-state index in [-0.39, 0.29) is 5.56 Å². The maximum Gasteiger partial charge on any atom is 0.339 e. The van der Waals surface area contributed by atoms with Crippen LogP contribution in [0.5, 0.6) is 11.5 Å². The lowest BCUT2D eigenvalue weighted by Gasteiger charge is -2.15. The molecule has 1 atom stereocenters. The van der Waals surface area contributed by atoms with E-state index >= 15 is 0 Å². The smallest absolute Gasteiger partial charge is 0.339 e. The van der Waals surface area contributed by atoms with E-state index in [1.54, 1.807) is 49.6 Å². The van der Waals surface area contributed by atoms with Crippen LogP contribution in [0.2, 0.25) is 0 Å². The van der Waals surface area contributed by atoms with Crippen LogP contribution in [0, 0.1) is 0 Å². The first kappa shape index (κ1) is 22.5. The van der Waals surface area contributed by atoms with Gasteiger partial charge in [0.2, 0.25) is 0 Å². The number of para-hydroxylation sites is 1. The molecule has 9 nitrogen and oxygen atoms in total. The Bertz CT molecular complexity index is 1180. The average Bonchev–Trinajstić information content (AvgIpc) is 2.82. The number of fused-ring (bicyclic) bond motifs is 1. The topological polar surface area (TPSA) is 116 Å². The van der Waals surface area contributed by atoms with Gasteiger partial charge in [-0.1, -0.05) is 18.2 Å². The average molecular weight is 437 g/mol. The zero-order valence-corrected chi connectivity index (χ0v) is 18.1. The van der Waals surface area contributed by atoms with Gasteiger partial charge >= 0.3 is 12.0 Å². The van der Waals surface area contributed by atoms with Crippen molar-refractivity contribution in [2.24, 2.45) is 0 Å². The number of carbonyl (C=O) groups is 3. The molecule has 0 aliphatic heterocycles. The molecule has 0 radical (unpaired) electrons. The van der Waals surface area contributed by atoms with E-state index in [9.17, 15) is 14.4 Å². The molecule has 0 saturated carbocycles. The van der Waals surface area contributed by atoms with Crippen LogP contribution in [0.15, 0.2) is 48.5 Å². The van der Waals surface area contributed by atoms with Crippen LogP contribution in [0.25, 0.3) is 22.2 Å². The molecule has 3 aromatic rings. The minimum Gasteiger partial charge on any atom is -0.493 e. The number of hydrogen-bond donors (Lipinski definition) is 2. The highest BCUT2D eigenvalue weighted by Crippen LogP contribution is 2.33. The van der Waals surface area contributed by atoms with Crippen LogP contribution < -0.4 is 20.1 Å². The normalized spacial score (nSPS) is 11.4. The first-order valence-electron chi connectivity index (χ1n) is 9.73. The molecule has 0 saturated heterocycles.